The molecule has 3 atom stereocenters. The van der Waals surface area contributed by atoms with Crippen LogP contribution in [0.2, 0.25) is 0 Å². The smallest absolute Gasteiger partial charge is 0.318 e. The van der Waals surface area contributed by atoms with Crippen LogP contribution in [0.1, 0.15) is 29.8 Å². The number of carbonyl (C=O) groups is 2. The summed E-state index contributed by atoms with van der Waals surface area (Å²) in [5.41, 5.74) is -3.91. The molecule has 24 heavy (non-hydrogen) atoms. The van der Waals surface area contributed by atoms with E-state index in [4.69, 9.17) is 4.74 Å². The molecule has 0 saturated heterocycles. The number of nitrogens with zero attached hydrogens (tertiary/aromatic N) is 1. The molecule has 128 valence electrons. The molecule has 0 amide bonds. The van der Waals surface area contributed by atoms with Crippen molar-refractivity contribution in [1.82, 2.24) is 0 Å². The summed E-state index contributed by atoms with van der Waals surface area (Å²) in [5.74, 6) is -1.23. The molecule has 0 bridgehead atoms. The minimum Gasteiger partial charge on any atom is -0.464 e. The first-order valence-corrected chi connectivity index (χ1v) is 8.93. The summed E-state index contributed by atoms with van der Waals surface area (Å²) in [7, 11) is 0. The van der Waals surface area contributed by atoms with Gasteiger partial charge >= 0.3 is 5.97 Å². The quantitative estimate of drug-likeness (QED) is 0.611. The molecule has 1 aromatic carbocycles. The zero-order chi connectivity index (χ0) is 17.5. The molecule has 3 rings (SSSR count). The second-order valence-electron chi connectivity index (χ2n) is 5.86. The van der Waals surface area contributed by atoms with Crippen LogP contribution in [0.4, 0.5) is 0 Å². The minimum absolute atomic E-state index is 0.177. The lowest BCUT2D eigenvalue weighted by molar-refractivity contribution is -0.164. The molecule has 0 saturated carbocycles. The Kier molecular flexibility index (Phi) is 4.27. The van der Waals surface area contributed by atoms with Gasteiger partial charge < -0.3 is 14.9 Å². The number of hydrogen-bond donors (Lipinski definition) is 2. The third kappa shape index (κ3) is 2.15. The van der Waals surface area contributed by atoms with Gasteiger partial charge in [0.2, 0.25) is 11.5 Å². The molecule has 0 radical (unpaired) electrons. The Hall–Kier alpha value is -1.70. The first kappa shape index (κ1) is 17.1. The highest BCUT2D eigenvalue weighted by Crippen LogP contribution is 2.53. The normalized spacial score (nSPS) is 30.8. The van der Waals surface area contributed by atoms with Gasteiger partial charge in [-0.15, -0.1) is 0 Å². The highest BCUT2D eigenvalue weighted by molar-refractivity contribution is 7.99. The topological polar surface area (TPSA) is 96.2 Å². The predicted molar refractivity (Wildman–Crippen MR) is 90.2 cm³/mol. The number of benzene rings is 1. The third-order valence-electron chi connectivity index (χ3n) is 4.51. The number of hydrogen-bond acceptors (Lipinski definition) is 7. The SMILES string of the molecule is CCSCCOC(=O)[C@H]1C(C)=N[C@@]2(O)c3ccccc3C(=O)[C@]12O. The van der Waals surface area contributed by atoms with Crippen LogP contribution in [0.15, 0.2) is 29.3 Å². The van der Waals surface area contributed by atoms with Crippen LogP contribution in [0.5, 0.6) is 0 Å². The lowest BCUT2D eigenvalue weighted by Gasteiger charge is -2.31. The van der Waals surface area contributed by atoms with Crippen molar-refractivity contribution in [2.75, 3.05) is 18.1 Å². The van der Waals surface area contributed by atoms with Crippen molar-refractivity contribution in [3.63, 3.8) is 0 Å². The average molecular weight is 349 g/mol. The zero-order valence-electron chi connectivity index (χ0n) is 13.5. The number of carbonyl (C=O) groups excluding carboxylic acids is 2. The largest absolute Gasteiger partial charge is 0.464 e. The third-order valence-corrected chi connectivity index (χ3v) is 5.37. The Bertz CT molecular complexity index is 733. The summed E-state index contributed by atoms with van der Waals surface area (Å²) >= 11 is 1.62. The first-order valence-electron chi connectivity index (χ1n) is 7.77. The molecule has 0 fully saturated rings. The number of fused-ring (bicyclic) bond motifs is 3. The van der Waals surface area contributed by atoms with Gasteiger partial charge in [0.25, 0.3) is 0 Å². The van der Waals surface area contributed by atoms with Crippen molar-refractivity contribution in [3.8, 4) is 0 Å². The summed E-state index contributed by atoms with van der Waals surface area (Å²) < 4.78 is 5.20. The number of ether oxygens (including phenoxy) is 1. The fourth-order valence-electron chi connectivity index (χ4n) is 3.42. The summed E-state index contributed by atoms with van der Waals surface area (Å²) in [4.78, 5) is 29.3. The molecule has 1 aromatic rings. The van der Waals surface area contributed by atoms with Crippen LogP contribution in [0.25, 0.3) is 0 Å². The maximum Gasteiger partial charge on any atom is 0.318 e. The molecule has 1 heterocycles. The van der Waals surface area contributed by atoms with E-state index in [1.807, 2.05) is 6.92 Å². The average Bonchev–Trinajstić information content (AvgIpc) is 2.87. The van der Waals surface area contributed by atoms with E-state index < -0.39 is 29.0 Å². The fraction of sp³-hybridized carbons (Fsp3) is 0.471. The van der Waals surface area contributed by atoms with E-state index in [-0.39, 0.29) is 23.4 Å². The molecular formula is C17H19NO5S. The Labute approximate surface area is 143 Å². The molecule has 2 aliphatic rings. The first-order chi connectivity index (χ1) is 11.4. The molecule has 0 unspecified atom stereocenters. The lowest BCUT2D eigenvalue weighted by atomic mass is 9.79. The fourth-order valence-corrected chi connectivity index (χ4v) is 3.91. The van der Waals surface area contributed by atoms with Gasteiger partial charge in [-0.2, -0.15) is 11.8 Å². The Balaban J connectivity index is 1.94. The molecule has 0 aromatic heterocycles. The van der Waals surface area contributed by atoms with E-state index in [9.17, 15) is 19.8 Å². The van der Waals surface area contributed by atoms with E-state index in [1.165, 1.54) is 19.1 Å². The number of rotatable bonds is 5. The van der Waals surface area contributed by atoms with Crippen molar-refractivity contribution in [1.29, 1.82) is 0 Å². The van der Waals surface area contributed by atoms with E-state index >= 15 is 0 Å². The van der Waals surface area contributed by atoms with E-state index in [2.05, 4.69) is 4.99 Å². The highest BCUT2D eigenvalue weighted by atomic mass is 32.2. The van der Waals surface area contributed by atoms with Gasteiger partial charge in [-0.1, -0.05) is 31.2 Å². The van der Waals surface area contributed by atoms with Crippen molar-refractivity contribution in [2.24, 2.45) is 10.9 Å². The molecule has 0 spiro atoms. The van der Waals surface area contributed by atoms with E-state index in [0.717, 1.165) is 5.75 Å². The zero-order valence-corrected chi connectivity index (χ0v) is 14.3. The van der Waals surface area contributed by atoms with Gasteiger partial charge in [-0.25, -0.2) is 0 Å². The van der Waals surface area contributed by atoms with Crippen molar-refractivity contribution in [2.45, 2.75) is 25.2 Å². The second kappa shape index (κ2) is 5.98. The van der Waals surface area contributed by atoms with Gasteiger partial charge in [0.1, 0.15) is 12.5 Å². The Morgan fingerprint density at radius 3 is 2.79 bits per heavy atom. The van der Waals surface area contributed by atoms with Gasteiger partial charge in [-0.05, 0) is 12.7 Å². The molecule has 1 aliphatic carbocycles. The number of aliphatic hydroxyl groups is 2. The molecular weight excluding hydrogens is 330 g/mol. The summed E-state index contributed by atoms with van der Waals surface area (Å²) in [6.45, 7) is 3.69. The van der Waals surface area contributed by atoms with Crippen molar-refractivity contribution >= 4 is 29.2 Å². The maximum absolute atomic E-state index is 12.7. The predicted octanol–water partition coefficient (Wildman–Crippen LogP) is 1.15. The Morgan fingerprint density at radius 2 is 2.08 bits per heavy atom. The van der Waals surface area contributed by atoms with Crippen LogP contribution in [-0.2, 0) is 15.3 Å². The summed E-state index contributed by atoms with van der Waals surface area (Å²) in [6, 6.07) is 6.33. The number of ketones is 1. The highest BCUT2D eigenvalue weighted by Gasteiger charge is 2.72. The molecule has 1 aliphatic heterocycles. The van der Waals surface area contributed by atoms with Gasteiger partial charge in [0.05, 0.1) is 0 Å². The van der Waals surface area contributed by atoms with Gasteiger partial charge in [0.15, 0.2) is 5.60 Å². The van der Waals surface area contributed by atoms with Crippen molar-refractivity contribution < 1.29 is 24.5 Å². The summed E-state index contributed by atoms with van der Waals surface area (Å²) in [5, 5.41) is 22.0. The molecule has 6 nitrogen and oxygen atoms in total. The lowest BCUT2D eigenvalue weighted by Crippen LogP contribution is -2.56. The Morgan fingerprint density at radius 1 is 1.38 bits per heavy atom. The van der Waals surface area contributed by atoms with Crippen LogP contribution >= 0.6 is 11.8 Å². The monoisotopic (exact) mass is 349 g/mol. The van der Waals surface area contributed by atoms with E-state index in [0.29, 0.717) is 5.75 Å². The number of esters is 1. The van der Waals surface area contributed by atoms with Gasteiger partial charge in [-0.3, -0.25) is 14.6 Å². The van der Waals surface area contributed by atoms with Crippen molar-refractivity contribution in [3.05, 3.63) is 35.4 Å². The van der Waals surface area contributed by atoms with Gasteiger partial charge in [0, 0.05) is 22.6 Å². The number of Topliss-reactive ketones (excluding diaryl/α,β-unsaturated/α-hetero) is 1. The number of thioether (sulfide) groups is 1. The molecule has 2 N–H and O–H groups in total. The summed E-state index contributed by atoms with van der Waals surface area (Å²) in [6.07, 6.45) is 0. The van der Waals surface area contributed by atoms with Crippen LogP contribution in [0, 0.1) is 5.92 Å². The maximum atomic E-state index is 12.7. The molecule has 7 heteroatoms. The second-order valence-corrected chi connectivity index (χ2v) is 7.26. The number of aliphatic imine (C=N–C) groups is 1. The van der Waals surface area contributed by atoms with Crippen LogP contribution in [0.3, 0.4) is 0 Å². The van der Waals surface area contributed by atoms with Crippen LogP contribution < -0.4 is 0 Å². The van der Waals surface area contributed by atoms with E-state index in [1.54, 1.807) is 23.9 Å². The standard InChI is InChI=1S/C17H19NO5S/c1-3-24-9-8-23-15(20)13-10(2)18-17(22)12-7-5-4-6-11(12)14(19)16(13,17)21/h4-7,13,21-22H,3,8-9H2,1-2H3/t13-,16-,17-/m1/s1. The van der Waals surface area contributed by atoms with Crippen LogP contribution in [-0.4, -0.2) is 51.4 Å². The minimum atomic E-state index is -2.35.